The molecule has 2 nitrogen and oxygen atoms in total. The number of hydrogen-bond acceptors (Lipinski definition) is 4. The molecule has 1 atom stereocenters. The Labute approximate surface area is 130 Å². The van der Waals surface area contributed by atoms with Crippen molar-refractivity contribution in [3.8, 4) is 0 Å². The van der Waals surface area contributed by atoms with Crippen LogP contribution in [0.5, 0.6) is 0 Å². The molecule has 0 bridgehead atoms. The Hall–Kier alpha value is -0.330. The lowest BCUT2D eigenvalue weighted by Gasteiger charge is -2.15. The maximum atomic E-state index is 5.67. The minimum Gasteiger partial charge on any atom is -0.271 e. The van der Waals surface area contributed by atoms with E-state index in [2.05, 4.69) is 64.0 Å². The number of nitrogens with two attached hydrogens (primary N) is 1. The van der Waals surface area contributed by atoms with E-state index in [1.165, 1.54) is 19.8 Å². The number of hydrogen-bond donors (Lipinski definition) is 2. The fourth-order valence-corrected chi connectivity index (χ4v) is 4.43. The summed E-state index contributed by atoms with van der Waals surface area (Å²) in [6, 6.07) is 10.8. The molecule has 0 aliphatic heterocycles. The Morgan fingerprint density at radius 2 is 2.16 bits per heavy atom. The van der Waals surface area contributed by atoms with Gasteiger partial charge in [0.2, 0.25) is 0 Å². The van der Waals surface area contributed by atoms with E-state index in [4.69, 9.17) is 5.84 Å². The minimum absolute atomic E-state index is 0.277. The molecule has 5 heteroatoms. The second-order valence-corrected chi connectivity index (χ2v) is 7.25. The molecule has 0 spiro atoms. The SMILES string of the molecule is Cc1ccccc1SCC(Cc1sccc1Br)NN. The molecule has 0 saturated carbocycles. The molecule has 2 aromatic rings. The average molecular weight is 357 g/mol. The van der Waals surface area contributed by atoms with Gasteiger partial charge in [-0.1, -0.05) is 18.2 Å². The third kappa shape index (κ3) is 4.33. The van der Waals surface area contributed by atoms with Crippen LogP contribution < -0.4 is 11.3 Å². The standard InChI is InChI=1S/C14H17BrN2S2/c1-10-4-2-3-5-13(10)19-9-11(17-16)8-14-12(15)6-7-18-14/h2-7,11,17H,8-9,16H2,1H3. The van der Waals surface area contributed by atoms with E-state index >= 15 is 0 Å². The molecule has 102 valence electrons. The largest absolute Gasteiger partial charge is 0.271 e. The van der Waals surface area contributed by atoms with Crippen molar-refractivity contribution >= 4 is 39.0 Å². The van der Waals surface area contributed by atoms with Gasteiger partial charge in [-0.3, -0.25) is 11.3 Å². The van der Waals surface area contributed by atoms with Gasteiger partial charge in [-0.25, -0.2) is 0 Å². The highest BCUT2D eigenvalue weighted by Crippen LogP contribution is 2.27. The number of nitrogens with one attached hydrogen (secondary N) is 1. The summed E-state index contributed by atoms with van der Waals surface area (Å²) in [6.45, 7) is 2.14. The van der Waals surface area contributed by atoms with Crippen LogP contribution in [-0.2, 0) is 6.42 Å². The van der Waals surface area contributed by atoms with Crippen molar-refractivity contribution in [3.63, 3.8) is 0 Å². The number of rotatable bonds is 6. The van der Waals surface area contributed by atoms with Gasteiger partial charge >= 0.3 is 0 Å². The van der Waals surface area contributed by atoms with Crippen molar-refractivity contribution < 1.29 is 0 Å². The third-order valence-corrected chi connectivity index (χ3v) is 6.18. The first-order valence-electron chi connectivity index (χ1n) is 6.07. The van der Waals surface area contributed by atoms with Crippen LogP contribution in [0.25, 0.3) is 0 Å². The molecule has 0 aliphatic carbocycles. The summed E-state index contributed by atoms with van der Waals surface area (Å²) in [5.74, 6) is 6.63. The summed E-state index contributed by atoms with van der Waals surface area (Å²) in [6.07, 6.45) is 0.952. The van der Waals surface area contributed by atoms with Crippen LogP contribution in [0.2, 0.25) is 0 Å². The second-order valence-electron chi connectivity index (χ2n) is 4.34. The lowest BCUT2D eigenvalue weighted by atomic mass is 10.2. The lowest BCUT2D eigenvalue weighted by Crippen LogP contribution is -2.38. The molecule has 3 N–H and O–H groups in total. The van der Waals surface area contributed by atoms with E-state index in [0.29, 0.717) is 0 Å². The van der Waals surface area contributed by atoms with Gasteiger partial charge in [0.1, 0.15) is 0 Å². The van der Waals surface area contributed by atoms with Crippen LogP contribution in [0.1, 0.15) is 10.4 Å². The smallest absolute Gasteiger partial charge is 0.0353 e. The van der Waals surface area contributed by atoms with Crippen molar-refractivity contribution in [2.75, 3.05) is 5.75 Å². The average Bonchev–Trinajstić information content (AvgIpc) is 2.81. The summed E-state index contributed by atoms with van der Waals surface area (Å²) < 4.78 is 1.18. The fourth-order valence-electron chi connectivity index (χ4n) is 1.77. The van der Waals surface area contributed by atoms with Gasteiger partial charge in [0.25, 0.3) is 0 Å². The molecule has 0 amide bonds. The second kappa shape index (κ2) is 7.45. The van der Waals surface area contributed by atoms with Gasteiger partial charge in [-0.15, -0.1) is 23.1 Å². The summed E-state index contributed by atoms with van der Waals surface area (Å²) >= 11 is 7.19. The number of thioether (sulfide) groups is 1. The Morgan fingerprint density at radius 3 is 2.79 bits per heavy atom. The lowest BCUT2D eigenvalue weighted by molar-refractivity contribution is 0.578. The summed E-state index contributed by atoms with van der Waals surface area (Å²) in [4.78, 5) is 2.67. The number of thiophene rings is 1. The first-order chi connectivity index (χ1) is 9.20. The zero-order valence-corrected chi connectivity index (χ0v) is 13.9. The Morgan fingerprint density at radius 1 is 1.37 bits per heavy atom. The molecule has 1 aromatic heterocycles. The molecule has 0 aliphatic rings. The Kier molecular flexibility index (Phi) is 5.91. The maximum absolute atomic E-state index is 5.67. The van der Waals surface area contributed by atoms with Crippen LogP contribution in [0.3, 0.4) is 0 Å². The van der Waals surface area contributed by atoms with Crippen molar-refractivity contribution in [1.82, 2.24) is 5.43 Å². The van der Waals surface area contributed by atoms with E-state index < -0.39 is 0 Å². The van der Waals surface area contributed by atoms with Gasteiger partial charge in [0.15, 0.2) is 0 Å². The van der Waals surface area contributed by atoms with Crippen molar-refractivity contribution in [3.05, 3.63) is 50.6 Å². The topological polar surface area (TPSA) is 38.0 Å². The Balaban J connectivity index is 1.93. The number of hydrazine groups is 1. The maximum Gasteiger partial charge on any atom is 0.0353 e. The molecule has 2 rings (SSSR count). The third-order valence-electron chi connectivity index (χ3n) is 2.89. The summed E-state index contributed by atoms with van der Waals surface area (Å²) in [5.41, 5.74) is 4.24. The number of benzene rings is 1. The van der Waals surface area contributed by atoms with Crippen LogP contribution in [0.4, 0.5) is 0 Å². The number of aryl methyl sites for hydroxylation is 1. The molecule has 0 radical (unpaired) electrons. The van der Waals surface area contributed by atoms with Crippen molar-refractivity contribution in [2.45, 2.75) is 24.3 Å². The van der Waals surface area contributed by atoms with Gasteiger partial charge in [0, 0.05) is 32.5 Å². The Bertz CT molecular complexity index is 528. The fraction of sp³-hybridized carbons (Fsp3) is 0.286. The minimum atomic E-state index is 0.277. The van der Waals surface area contributed by atoms with Gasteiger partial charge < -0.3 is 0 Å². The summed E-state index contributed by atoms with van der Waals surface area (Å²) in [7, 11) is 0. The summed E-state index contributed by atoms with van der Waals surface area (Å²) in [5, 5.41) is 2.10. The molecule has 0 saturated heterocycles. The van der Waals surface area contributed by atoms with Gasteiger partial charge in [0.05, 0.1) is 0 Å². The van der Waals surface area contributed by atoms with E-state index in [-0.39, 0.29) is 6.04 Å². The van der Waals surface area contributed by atoms with Crippen LogP contribution >= 0.6 is 39.0 Å². The van der Waals surface area contributed by atoms with Crippen LogP contribution in [0, 0.1) is 6.92 Å². The van der Waals surface area contributed by atoms with Crippen molar-refractivity contribution in [2.24, 2.45) is 5.84 Å². The van der Waals surface area contributed by atoms with E-state index in [1.807, 2.05) is 11.8 Å². The highest BCUT2D eigenvalue weighted by molar-refractivity contribution is 9.10. The molecule has 1 unspecified atom stereocenters. The monoisotopic (exact) mass is 356 g/mol. The zero-order valence-electron chi connectivity index (χ0n) is 10.7. The molecule has 1 aromatic carbocycles. The molecular weight excluding hydrogens is 340 g/mol. The predicted molar refractivity (Wildman–Crippen MR) is 88.7 cm³/mol. The molecule has 1 heterocycles. The zero-order chi connectivity index (χ0) is 13.7. The van der Waals surface area contributed by atoms with E-state index in [0.717, 1.165) is 12.2 Å². The van der Waals surface area contributed by atoms with E-state index in [9.17, 15) is 0 Å². The molecular formula is C14H17BrN2S2. The van der Waals surface area contributed by atoms with Gasteiger partial charge in [-0.05, 0) is 45.9 Å². The van der Waals surface area contributed by atoms with Crippen molar-refractivity contribution in [1.29, 1.82) is 0 Å². The quantitative estimate of drug-likeness (QED) is 0.466. The van der Waals surface area contributed by atoms with E-state index in [1.54, 1.807) is 11.3 Å². The van der Waals surface area contributed by atoms with Crippen LogP contribution in [-0.4, -0.2) is 11.8 Å². The first kappa shape index (κ1) is 15.1. The highest BCUT2D eigenvalue weighted by Gasteiger charge is 2.12. The highest BCUT2D eigenvalue weighted by atomic mass is 79.9. The van der Waals surface area contributed by atoms with Gasteiger partial charge in [-0.2, -0.15) is 0 Å². The predicted octanol–water partition coefficient (Wildman–Crippen LogP) is 3.99. The normalized spacial score (nSPS) is 12.6. The number of halogens is 1. The first-order valence-corrected chi connectivity index (χ1v) is 8.73. The molecule has 19 heavy (non-hydrogen) atoms. The van der Waals surface area contributed by atoms with Crippen LogP contribution in [0.15, 0.2) is 45.1 Å². The molecule has 0 fully saturated rings.